The van der Waals surface area contributed by atoms with Crippen molar-refractivity contribution in [3.8, 4) is 0 Å². The van der Waals surface area contributed by atoms with E-state index < -0.39 is 0 Å². The maximum absolute atomic E-state index is 11.6. The molecule has 1 aliphatic carbocycles. The lowest BCUT2D eigenvalue weighted by Gasteiger charge is -2.02. The lowest BCUT2D eigenvalue weighted by atomic mass is 10.5. The number of hydrogen-bond acceptors (Lipinski definition) is 4. The number of H-pyrrole nitrogens is 1. The molecular formula is C10H9ClN4OS. The first-order valence-corrected chi connectivity index (χ1v) is 6.40. The molecule has 0 aliphatic heterocycles. The van der Waals surface area contributed by atoms with Crippen molar-refractivity contribution in [3.05, 3.63) is 34.0 Å². The van der Waals surface area contributed by atoms with E-state index in [1.165, 1.54) is 11.8 Å². The number of nitrogens with one attached hydrogen (secondary N) is 1. The summed E-state index contributed by atoms with van der Waals surface area (Å²) >= 11 is 7.22. The SMILES string of the molecule is O=c1[nH]nc(Sc2ccnc(Cl)c2)n1C1CC1. The van der Waals surface area contributed by atoms with Gasteiger partial charge in [0.25, 0.3) is 0 Å². The third-order valence-corrected chi connectivity index (χ3v) is 3.66. The second kappa shape index (κ2) is 4.19. The van der Waals surface area contributed by atoms with Crippen LogP contribution in [-0.2, 0) is 0 Å². The molecule has 1 saturated carbocycles. The number of aromatic amines is 1. The molecule has 0 saturated heterocycles. The predicted molar refractivity (Wildman–Crippen MR) is 64.5 cm³/mol. The standard InChI is InChI=1S/C10H9ClN4OS/c11-8-5-7(3-4-12-8)17-10-14-13-9(16)15(10)6-1-2-6/h3-6H,1-2H2,(H,13,16). The Morgan fingerprint density at radius 3 is 3.06 bits per heavy atom. The van der Waals surface area contributed by atoms with Gasteiger partial charge in [-0.2, -0.15) is 0 Å². The fraction of sp³-hybridized carbons (Fsp3) is 0.300. The van der Waals surface area contributed by atoms with E-state index in [0.717, 1.165) is 17.7 Å². The molecule has 0 bridgehead atoms. The summed E-state index contributed by atoms with van der Waals surface area (Å²) in [5, 5.41) is 7.62. The summed E-state index contributed by atoms with van der Waals surface area (Å²) < 4.78 is 1.71. The first-order chi connectivity index (χ1) is 8.24. The van der Waals surface area contributed by atoms with Crippen LogP contribution in [-0.4, -0.2) is 19.7 Å². The van der Waals surface area contributed by atoms with Crippen LogP contribution in [0.4, 0.5) is 0 Å². The number of hydrogen-bond donors (Lipinski definition) is 1. The van der Waals surface area contributed by atoms with Gasteiger partial charge in [0.15, 0.2) is 5.16 Å². The quantitative estimate of drug-likeness (QED) is 0.866. The van der Waals surface area contributed by atoms with Crippen LogP contribution >= 0.6 is 23.4 Å². The van der Waals surface area contributed by atoms with Gasteiger partial charge in [0.2, 0.25) is 0 Å². The van der Waals surface area contributed by atoms with Gasteiger partial charge in [-0.1, -0.05) is 11.6 Å². The van der Waals surface area contributed by atoms with Crippen LogP contribution in [0, 0.1) is 0 Å². The largest absolute Gasteiger partial charge is 0.344 e. The van der Waals surface area contributed by atoms with Crippen LogP contribution in [0.5, 0.6) is 0 Å². The van der Waals surface area contributed by atoms with E-state index in [4.69, 9.17) is 11.6 Å². The van der Waals surface area contributed by atoms with E-state index in [1.807, 2.05) is 6.07 Å². The topological polar surface area (TPSA) is 63.6 Å². The minimum absolute atomic E-state index is 0.143. The van der Waals surface area contributed by atoms with Gasteiger partial charge in [0, 0.05) is 17.1 Å². The van der Waals surface area contributed by atoms with Crippen molar-refractivity contribution in [2.75, 3.05) is 0 Å². The summed E-state index contributed by atoms with van der Waals surface area (Å²) in [6.07, 6.45) is 3.73. The van der Waals surface area contributed by atoms with Crippen LogP contribution in [0.2, 0.25) is 5.15 Å². The average molecular weight is 269 g/mol. The van der Waals surface area contributed by atoms with Crippen molar-refractivity contribution < 1.29 is 0 Å². The van der Waals surface area contributed by atoms with Crippen molar-refractivity contribution in [1.29, 1.82) is 0 Å². The molecular weight excluding hydrogens is 260 g/mol. The number of pyridine rings is 1. The van der Waals surface area contributed by atoms with Crippen molar-refractivity contribution in [2.24, 2.45) is 0 Å². The lowest BCUT2D eigenvalue weighted by Crippen LogP contribution is -2.15. The second-order valence-electron chi connectivity index (χ2n) is 3.83. The highest BCUT2D eigenvalue weighted by atomic mass is 35.5. The molecule has 1 fully saturated rings. The van der Waals surface area contributed by atoms with Gasteiger partial charge in [-0.05, 0) is 36.7 Å². The molecule has 5 nitrogen and oxygen atoms in total. The molecule has 2 aromatic rings. The lowest BCUT2D eigenvalue weighted by molar-refractivity contribution is 0.642. The molecule has 3 rings (SSSR count). The zero-order valence-corrected chi connectivity index (χ0v) is 10.3. The molecule has 1 aliphatic rings. The number of halogens is 1. The molecule has 7 heteroatoms. The van der Waals surface area contributed by atoms with Crippen LogP contribution < -0.4 is 5.69 Å². The third kappa shape index (κ3) is 2.23. The van der Waals surface area contributed by atoms with Crippen molar-refractivity contribution in [3.63, 3.8) is 0 Å². The molecule has 17 heavy (non-hydrogen) atoms. The molecule has 0 unspecified atom stereocenters. The van der Waals surface area contributed by atoms with Crippen molar-refractivity contribution >= 4 is 23.4 Å². The number of rotatable bonds is 3. The van der Waals surface area contributed by atoms with E-state index >= 15 is 0 Å². The first kappa shape index (κ1) is 10.9. The van der Waals surface area contributed by atoms with E-state index in [2.05, 4.69) is 15.2 Å². The van der Waals surface area contributed by atoms with Gasteiger partial charge in [-0.3, -0.25) is 4.57 Å². The molecule has 0 radical (unpaired) electrons. The highest BCUT2D eigenvalue weighted by molar-refractivity contribution is 7.99. The fourth-order valence-corrected chi connectivity index (χ4v) is 2.74. The van der Waals surface area contributed by atoms with Crippen molar-refractivity contribution in [2.45, 2.75) is 28.9 Å². The molecule has 1 N–H and O–H groups in total. The fourth-order valence-electron chi connectivity index (χ4n) is 1.57. The third-order valence-electron chi connectivity index (χ3n) is 2.49. The summed E-state index contributed by atoms with van der Waals surface area (Å²) in [7, 11) is 0. The summed E-state index contributed by atoms with van der Waals surface area (Å²) in [5.74, 6) is 0. The van der Waals surface area contributed by atoms with Gasteiger partial charge < -0.3 is 0 Å². The molecule has 2 heterocycles. The van der Waals surface area contributed by atoms with Gasteiger partial charge in [-0.25, -0.2) is 14.9 Å². The minimum atomic E-state index is -0.143. The summed E-state index contributed by atoms with van der Waals surface area (Å²) in [5.41, 5.74) is -0.143. The second-order valence-corrected chi connectivity index (χ2v) is 5.26. The highest BCUT2D eigenvalue weighted by Crippen LogP contribution is 2.37. The van der Waals surface area contributed by atoms with Gasteiger partial charge in [0.05, 0.1) is 0 Å². The Kier molecular flexibility index (Phi) is 2.68. The van der Waals surface area contributed by atoms with Gasteiger partial charge in [0.1, 0.15) is 5.15 Å². The summed E-state index contributed by atoms with van der Waals surface area (Å²) in [6, 6.07) is 3.90. The molecule has 0 spiro atoms. The molecule has 0 aromatic carbocycles. The maximum atomic E-state index is 11.6. The predicted octanol–water partition coefficient (Wildman–Crippen LogP) is 2.11. The monoisotopic (exact) mass is 268 g/mol. The molecule has 2 aromatic heterocycles. The van der Waals surface area contributed by atoms with Gasteiger partial charge >= 0.3 is 5.69 Å². The number of aromatic nitrogens is 4. The van der Waals surface area contributed by atoms with E-state index in [-0.39, 0.29) is 5.69 Å². The minimum Gasteiger partial charge on any atom is -0.267 e. The zero-order chi connectivity index (χ0) is 11.8. The van der Waals surface area contributed by atoms with Crippen LogP contribution in [0.3, 0.4) is 0 Å². The number of nitrogens with zero attached hydrogens (tertiary/aromatic N) is 3. The Labute approximate surface area is 106 Å². The average Bonchev–Trinajstić information content (AvgIpc) is 3.05. The summed E-state index contributed by atoms with van der Waals surface area (Å²) in [6.45, 7) is 0. The molecule has 0 atom stereocenters. The molecule has 88 valence electrons. The Bertz CT molecular complexity index is 604. The Balaban J connectivity index is 1.92. The Morgan fingerprint density at radius 2 is 2.35 bits per heavy atom. The highest BCUT2D eigenvalue weighted by Gasteiger charge is 2.28. The van der Waals surface area contributed by atoms with E-state index in [1.54, 1.807) is 16.8 Å². The van der Waals surface area contributed by atoms with Crippen LogP contribution in [0.1, 0.15) is 18.9 Å². The Morgan fingerprint density at radius 1 is 1.53 bits per heavy atom. The molecule has 0 amide bonds. The first-order valence-electron chi connectivity index (χ1n) is 5.20. The maximum Gasteiger partial charge on any atom is 0.344 e. The van der Waals surface area contributed by atoms with Crippen LogP contribution in [0.15, 0.2) is 33.2 Å². The Hall–Kier alpha value is -1.27. The van der Waals surface area contributed by atoms with Crippen LogP contribution in [0.25, 0.3) is 0 Å². The van der Waals surface area contributed by atoms with E-state index in [0.29, 0.717) is 16.4 Å². The summed E-state index contributed by atoms with van der Waals surface area (Å²) in [4.78, 5) is 16.4. The normalized spacial score (nSPS) is 15.1. The van der Waals surface area contributed by atoms with Gasteiger partial charge in [-0.15, -0.1) is 5.10 Å². The zero-order valence-electron chi connectivity index (χ0n) is 8.76. The van der Waals surface area contributed by atoms with E-state index in [9.17, 15) is 4.79 Å². The van der Waals surface area contributed by atoms with Crippen molar-refractivity contribution in [1.82, 2.24) is 19.7 Å². The smallest absolute Gasteiger partial charge is 0.267 e.